The zero-order valence-electron chi connectivity index (χ0n) is 19.9. The number of hydrogen-bond acceptors (Lipinski definition) is 3. The summed E-state index contributed by atoms with van der Waals surface area (Å²) in [5, 5.41) is 9.00. The summed E-state index contributed by atoms with van der Waals surface area (Å²) in [5.74, 6) is 0.105. The van der Waals surface area contributed by atoms with Crippen LogP contribution in [-0.4, -0.2) is 5.78 Å². The van der Waals surface area contributed by atoms with Crippen molar-refractivity contribution in [1.82, 2.24) is 0 Å². The Labute approximate surface area is 205 Å². The van der Waals surface area contributed by atoms with Gasteiger partial charge < -0.3 is 10.6 Å². The lowest BCUT2D eigenvalue weighted by Gasteiger charge is -2.21. The molecule has 0 heterocycles. The van der Waals surface area contributed by atoms with Crippen LogP contribution in [0.25, 0.3) is 10.8 Å². The predicted molar refractivity (Wildman–Crippen MR) is 146 cm³/mol. The van der Waals surface area contributed by atoms with Crippen LogP contribution in [-0.2, 0) is 6.42 Å². The number of hydrogen-bond donors (Lipinski definition) is 2. The largest absolute Gasteiger partial charge is 0.356 e. The van der Waals surface area contributed by atoms with Gasteiger partial charge in [0.25, 0.3) is 0 Å². The van der Waals surface area contributed by atoms with Crippen molar-refractivity contribution in [2.24, 2.45) is 0 Å². The summed E-state index contributed by atoms with van der Waals surface area (Å²) in [5.41, 5.74) is 10.3. The van der Waals surface area contributed by atoms with Crippen LogP contribution < -0.4 is 10.6 Å². The minimum atomic E-state index is 0.105. The smallest absolute Gasteiger partial charge is 0.194 e. The average molecular weight is 455 g/mol. The van der Waals surface area contributed by atoms with Gasteiger partial charge in [-0.05, 0) is 96.8 Å². The van der Waals surface area contributed by atoms with Gasteiger partial charge >= 0.3 is 0 Å². The lowest BCUT2D eigenvalue weighted by molar-refractivity contribution is 0.103. The Balaban J connectivity index is 1.31. The summed E-state index contributed by atoms with van der Waals surface area (Å²) < 4.78 is 0. The molecule has 35 heavy (non-hydrogen) atoms. The van der Waals surface area contributed by atoms with Crippen molar-refractivity contribution in [3.8, 4) is 0 Å². The lowest BCUT2D eigenvalue weighted by Crippen LogP contribution is -2.16. The first-order valence-electron chi connectivity index (χ1n) is 11.9. The summed E-state index contributed by atoms with van der Waals surface area (Å²) in [6.45, 7) is 4.16. The molecule has 0 bridgehead atoms. The predicted octanol–water partition coefficient (Wildman–Crippen LogP) is 8.08. The van der Waals surface area contributed by atoms with Gasteiger partial charge in [-0.3, -0.25) is 4.79 Å². The van der Waals surface area contributed by atoms with Crippen molar-refractivity contribution in [3.05, 3.63) is 130 Å². The molecule has 1 aliphatic carbocycles. The minimum Gasteiger partial charge on any atom is -0.356 e. The Morgan fingerprint density at radius 1 is 0.571 bits per heavy atom. The molecule has 0 aliphatic heterocycles. The highest BCUT2D eigenvalue weighted by Gasteiger charge is 2.25. The molecule has 0 aromatic heterocycles. The molecule has 0 amide bonds. The first kappa shape index (κ1) is 21.2. The van der Waals surface area contributed by atoms with Gasteiger partial charge in [-0.1, -0.05) is 53.6 Å². The number of aryl methyl sites for hydroxylation is 2. The van der Waals surface area contributed by atoms with E-state index in [1.807, 2.05) is 12.1 Å². The Bertz CT molecular complexity index is 1580. The van der Waals surface area contributed by atoms with Crippen molar-refractivity contribution >= 4 is 39.3 Å². The van der Waals surface area contributed by atoms with Gasteiger partial charge in [0.15, 0.2) is 5.78 Å². The highest BCUT2D eigenvalue weighted by atomic mass is 16.1. The van der Waals surface area contributed by atoms with Crippen LogP contribution in [0.2, 0.25) is 0 Å². The Morgan fingerprint density at radius 3 is 1.80 bits per heavy atom. The first-order chi connectivity index (χ1) is 17.0. The van der Waals surface area contributed by atoms with E-state index in [1.165, 1.54) is 11.1 Å². The fraction of sp³-hybridized carbons (Fsp3) is 0.0938. The molecule has 0 saturated heterocycles. The molecule has 2 N–H and O–H groups in total. The van der Waals surface area contributed by atoms with E-state index in [2.05, 4.69) is 109 Å². The third-order valence-electron chi connectivity index (χ3n) is 6.74. The number of carbonyl (C=O) groups is 1. The van der Waals surface area contributed by atoms with E-state index in [0.717, 1.165) is 62.2 Å². The second-order valence-corrected chi connectivity index (χ2v) is 9.40. The Kier molecular flexibility index (Phi) is 5.11. The van der Waals surface area contributed by atoms with Crippen LogP contribution in [0.3, 0.4) is 0 Å². The SMILES string of the molecule is Cc1ccc(Nc2ccc3c(c2)Cc2ccc4cc(Nc5ccc(C)cc5)ccc4c2C3=O)cc1. The van der Waals surface area contributed by atoms with Crippen molar-refractivity contribution in [2.75, 3.05) is 10.6 Å². The quantitative estimate of drug-likeness (QED) is 0.283. The zero-order valence-corrected chi connectivity index (χ0v) is 19.9. The van der Waals surface area contributed by atoms with Crippen LogP contribution in [0, 0.1) is 13.8 Å². The molecule has 170 valence electrons. The van der Waals surface area contributed by atoms with Gasteiger partial charge in [0.2, 0.25) is 0 Å². The third kappa shape index (κ3) is 4.06. The monoisotopic (exact) mass is 454 g/mol. The molecule has 0 radical (unpaired) electrons. The van der Waals surface area contributed by atoms with Gasteiger partial charge in [-0.25, -0.2) is 0 Å². The fourth-order valence-corrected chi connectivity index (χ4v) is 4.85. The first-order valence-corrected chi connectivity index (χ1v) is 11.9. The van der Waals surface area contributed by atoms with Crippen LogP contribution >= 0.6 is 0 Å². The molecule has 0 spiro atoms. The van der Waals surface area contributed by atoms with E-state index >= 15 is 0 Å². The molecular weight excluding hydrogens is 428 g/mol. The molecule has 6 rings (SSSR count). The second-order valence-electron chi connectivity index (χ2n) is 9.40. The molecule has 0 unspecified atom stereocenters. The van der Waals surface area contributed by atoms with Crippen molar-refractivity contribution in [3.63, 3.8) is 0 Å². The maximum atomic E-state index is 13.6. The number of carbonyl (C=O) groups excluding carboxylic acids is 1. The summed E-state index contributed by atoms with van der Waals surface area (Å²) in [7, 11) is 0. The summed E-state index contributed by atoms with van der Waals surface area (Å²) in [6, 6.07) is 33.2. The van der Waals surface area contributed by atoms with E-state index in [-0.39, 0.29) is 5.78 Å². The molecule has 3 nitrogen and oxygen atoms in total. The minimum absolute atomic E-state index is 0.105. The maximum Gasteiger partial charge on any atom is 0.194 e. The number of rotatable bonds is 4. The van der Waals surface area contributed by atoms with Crippen molar-refractivity contribution in [2.45, 2.75) is 20.3 Å². The van der Waals surface area contributed by atoms with Gasteiger partial charge in [0.1, 0.15) is 0 Å². The molecule has 5 aromatic carbocycles. The molecule has 1 aliphatic rings. The summed E-state index contributed by atoms with van der Waals surface area (Å²) in [4.78, 5) is 13.6. The summed E-state index contributed by atoms with van der Waals surface area (Å²) >= 11 is 0. The molecule has 5 aromatic rings. The van der Waals surface area contributed by atoms with E-state index in [4.69, 9.17) is 0 Å². The van der Waals surface area contributed by atoms with Gasteiger partial charge in [-0.2, -0.15) is 0 Å². The van der Waals surface area contributed by atoms with E-state index in [1.54, 1.807) is 0 Å². The number of anilines is 4. The average Bonchev–Trinajstić information content (AvgIpc) is 2.86. The molecule has 3 heteroatoms. The van der Waals surface area contributed by atoms with Crippen LogP contribution in [0.5, 0.6) is 0 Å². The van der Waals surface area contributed by atoms with E-state index in [0.29, 0.717) is 0 Å². The highest BCUT2D eigenvalue weighted by molar-refractivity contribution is 6.19. The van der Waals surface area contributed by atoms with Crippen LogP contribution in [0.1, 0.15) is 38.2 Å². The number of benzene rings is 5. The van der Waals surface area contributed by atoms with Crippen molar-refractivity contribution < 1.29 is 4.79 Å². The highest BCUT2D eigenvalue weighted by Crippen LogP contribution is 2.35. The number of nitrogens with one attached hydrogen (secondary N) is 2. The second kappa shape index (κ2) is 8.44. The standard InChI is InChI=1S/C32H26N2O/c1-20-3-9-25(10-4-20)33-27-13-15-29-22(18-27)7-8-23-17-24-19-28(14-16-30(24)32(35)31(23)29)34-26-11-5-21(2)6-12-26/h3-16,18-19,33-34H,17H2,1-2H3. The number of fused-ring (bicyclic) bond motifs is 4. The zero-order chi connectivity index (χ0) is 23.9. The normalized spacial score (nSPS) is 12.2. The Hall–Kier alpha value is -4.37. The summed E-state index contributed by atoms with van der Waals surface area (Å²) in [6.07, 6.45) is 0.749. The van der Waals surface area contributed by atoms with Crippen LogP contribution in [0.15, 0.2) is 97.1 Å². The lowest BCUT2D eigenvalue weighted by atomic mass is 9.82. The maximum absolute atomic E-state index is 13.6. The fourth-order valence-electron chi connectivity index (χ4n) is 4.85. The van der Waals surface area contributed by atoms with Crippen molar-refractivity contribution in [1.29, 1.82) is 0 Å². The van der Waals surface area contributed by atoms with Gasteiger partial charge in [0.05, 0.1) is 0 Å². The Morgan fingerprint density at radius 2 is 1.14 bits per heavy atom. The van der Waals surface area contributed by atoms with Crippen LogP contribution in [0.4, 0.5) is 22.7 Å². The number of ketones is 1. The topological polar surface area (TPSA) is 41.1 Å². The molecule has 0 atom stereocenters. The van der Waals surface area contributed by atoms with Gasteiger partial charge in [0, 0.05) is 33.9 Å². The van der Waals surface area contributed by atoms with Gasteiger partial charge in [-0.15, -0.1) is 0 Å². The third-order valence-corrected chi connectivity index (χ3v) is 6.74. The molecule has 0 fully saturated rings. The van der Waals surface area contributed by atoms with E-state index < -0.39 is 0 Å². The molecular formula is C32H26N2O. The molecule has 0 saturated carbocycles. The van der Waals surface area contributed by atoms with E-state index in [9.17, 15) is 4.79 Å².